The van der Waals surface area contributed by atoms with E-state index in [-0.39, 0.29) is 21.7 Å². The highest BCUT2D eigenvalue weighted by Crippen LogP contribution is 2.55. The smallest absolute Gasteiger partial charge is 0.159 e. The van der Waals surface area contributed by atoms with Crippen molar-refractivity contribution in [3.05, 3.63) is 64.2 Å². The van der Waals surface area contributed by atoms with Crippen molar-refractivity contribution in [3.8, 4) is 5.75 Å². The molecule has 2 rings (SSSR count). The minimum atomic E-state index is -1.45. The highest BCUT2D eigenvalue weighted by atomic mass is 31.0. The number of rotatable bonds is 7. The Bertz CT molecular complexity index is 1140. The van der Waals surface area contributed by atoms with Gasteiger partial charge in [-0.25, -0.2) is 0 Å². The Labute approximate surface area is 242 Å². The first-order valence-corrected chi connectivity index (χ1v) is 15.1. The van der Waals surface area contributed by atoms with Gasteiger partial charge in [-0.3, -0.25) is 0 Å². The van der Waals surface area contributed by atoms with E-state index >= 15 is 0 Å². The third-order valence-corrected chi connectivity index (χ3v) is 9.53. The summed E-state index contributed by atoms with van der Waals surface area (Å²) < 4.78 is 7.05. The van der Waals surface area contributed by atoms with E-state index in [0.29, 0.717) is 5.75 Å². The van der Waals surface area contributed by atoms with Crippen LogP contribution in [0.25, 0.3) is 0 Å². The van der Waals surface area contributed by atoms with Gasteiger partial charge in [-0.1, -0.05) is 123 Å². The van der Waals surface area contributed by atoms with E-state index < -0.39 is 29.8 Å². The van der Waals surface area contributed by atoms with Crippen LogP contribution < -0.4 is 4.74 Å². The molecule has 0 fully saturated rings. The molecule has 0 bridgehead atoms. The largest absolute Gasteiger partial charge is 0.478 e. The molecule has 0 heterocycles. The van der Waals surface area contributed by atoms with E-state index in [0.717, 1.165) is 16.7 Å². The van der Waals surface area contributed by atoms with Crippen molar-refractivity contribution < 1.29 is 20.1 Å². The Morgan fingerprint density at radius 3 is 1.41 bits per heavy atom. The minimum absolute atomic E-state index is 0.0466. The van der Waals surface area contributed by atoms with Crippen LogP contribution in [0.4, 0.5) is 0 Å². The number of hydrogen-bond donors (Lipinski definition) is 3. The van der Waals surface area contributed by atoms with Crippen LogP contribution in [0.1, 0.15) is 111 Å². The summed E-state index contributed by atoms with van der Waals surface area (Å²) in [5.41, 5.74) is 3.13. The third kappa shape index (κ3) is 6.90. The number of ether oxygens (including phenoxy) is 1. The molecule has 0 amide bonds. The van der Waals surface area contributed by atoms with Gasteiger partial charge in [0.25, 0.3) is 0 Å². The van der Waals surface area contributed by atoms with Crippen molar-refractivity contribution in [2.24, 2.45) is 5.41 Å². The minimum Gasteiger partial charge on any atom is -0.478 e. The Kier molecular flexibility index (Phi) is 9.94. The first-order valence-electron chi connectivity index (χ1n) is 13.9. The van der Waals surface area contributed by atoms with E-state index in [4.69, 9.17) is 4.74 Å². The molecule has 4 nitrogen and oxygen atoms in total. The Balaban J connectivity index is 3.04. The summed E-state index contributed by atoms with van der Waals surface area (Å²) in [5, 5.41) is 31.5. The normalized spacial score (nSPS) is 16.1. The molecular formula is C33H54O4P2. The maximum Gasteiger partial charge on any atom is 0.159 e. The number of aliphatic hydroxyl groups excluding tert-OH is 3. The van der Waals surface area contributed by atoms with Gasteiger partial charge in [0.1, 0.15) is 5.75 Å². The summed E-state index contributed by atoms with van der Waals surface area (Å²) in [4.78, 5) is 0. The molecular weight excluding hydrogens is 522 g/mol. The molecule has 6 heteroatoms. The van der Waals surface area contributed by atoms with Crippen LogP contribution in [-0.4, -0.2) is 34.4 Å². The molecule has 4 atom stereocenters. The summed E-state index contributed by atoms with van der Waals surface area (Å²) in [6.45, 7) is 25.0. The van der Waals surface area contributed by atoms with Crippen LogP contribution in [0.2, 0.25) is 0 Å². The van der Waals surface area contributed by atoms with E-state index in [1.807, 2.05) is 12.1 Å². The third-order valence-electron chi connectivity index (χ3n) is 7.89. The van der Waals surface area contributed by atoms with Crippen molar-refractivity contribution in [2.75, 3.05) is 13.2 Å². The molecule has 0 radical (unpaired) electrons. The predicted molar refractivity (Wildman–Crippen MR) is 172 cm³/mol. The van der Waals surface area contributed by atoms with Crippen LogP contribution >= 0.6 is 18.5 Å². The first kappa shape index (κ1) is 34.2. The van der Waals surface area contributed by atoms with Crippen molar-refractivity contribution in [2.45, 2.75) is 116 Å². The Morgan fingerprint density at radius 1 is 0.641 bits per heavy atom. The van der Waals surface area contributed by atoms with Crippen LogP contribution in [-0.2, 0) is 27.0 Å². The lowest BCUT2D eigenvalue weighted by molar-refractivity contribution is -0.108. The van der Waals surface area contributed by atoms with Crippen LogP contribution in [0.15, 0.2) is 36.4 Å². The average Bonchev–Trinajstić information content (AvgIpc) is 2.77. The van der Waals surface area contributed by atoms with Crippen molar-refractivity contribution in [1.82, 2.24) is 0 Å². The molecule has 0 saturated carbocycles. The van der Waals surface area contributed by atoms with E-state index in [9.17, 15) is 15.3 Å². The fourth-order valence-corrected chi connectivity index (χ4v) is 6.30. The SMILES string of the molecule is CC(C)(C)c1ccc(OC(P)(c2ccc(C(C)(C)C)cc2C(C)(C)C)C(CO)(CO)C(O)P)c(C(C)(C)C)c1. The van der Waals surface area contributed by atoms with Gasteiger partial charge in [-0.15, -0.1) is 9.24 Å². The summed E-state index contributed by atoms with van der Waals surface area (Å²) in [6, 6.07) is 12.6. The van der Waals surface area contributed by atoms with Gasteiger partial charge in [0.2, 0.25) is 0 Å². The Morgan fingerprint density at radius 2 is 1.05 bits per heavy atom. The second-order valence-electron chi connectivity index (χ2n) is 15.2. The quantitative estimate of drug-likeness (QED) is 0.306. The van der Waals surface area contributed by atoms with Gasteiger partial charge in [0.15, 0.2) is 5.34 Å². The summed E-state index contributed by atoms with van der Waals surface area (Å²) >= 11 is 0. The van der Waals surface area contributed by atoms with Gasteiger partial charge in [-0.05, 0) is 50.0 Å². The first-order chi connectivity index (χ1) is 17.5. The zero-order valence-corrected chi connectivity index (χ0v) is 28.7. The monoisotopic (exact) mass is 576 g/mol. The van der Waals surface area contributed by atoms with Crippen molar-refractivity contribution in [1.29, 1.82) is 0 Å². The zero-order valence-electron chi connectivity index (χ0n) is 26.4. The second kappa shape index (κ2) is 11.3. The molecule has 220 valence electrons. The lowest BCUT2D eigenvalue weighted by Crippen LogP contribution is -2.56. The van der Waals surface area contributed by atoms with Gasteiger partial charge in [0, 0.05) is 5.56 Å². The van der Waals surface area contributed by atoms with Crippen LogP contribution in [0.3, 0.4) is 0 Å². The predicted octanol–water partition coefficient (Wildman–Crippen LogP) is 7.15. The fraction of sp³-hybridized carbons (Fsp3) is 0.636. The molecule has 0 spiro atoms. The zero-order chi connectivity index (χ0) is 30.4. The van der Waals surface area contributed by atoms with Crippen LogP contribution in [0.5, 0.6) is 5.75 Å². The highest BCUT2D eigenvalue weighted by Gasteiger charge is 2.56. The molecule has 2 aromatic rings. The average molecular weight is 577 g/mol. The van der Waals surface area contributed by atoms with E-state index in [1.54, 1.807) is 0 Å². The lowest BCUT2D eigenvalue weighted by Gasteiger charge is -2.50. The van der Waals surface area contributed by atoms with E-state index in [1.165, 1.54) is 11.1 Å². The number of aliphatic hydroxyl groups is 3. The summed E-state index contributed by atoms with van der Waals surface area (Å²) in [7, 11) is 5.18. The molecule has 39 heavy (non-hydrogen) atoms. The van der Waals surface area contributed by atoms with Gasteiger partial charge in [-0.2, -0.15) is 0 Å². The molecule has 0 aliphatic heterocycles. The summed E-state index contributed by atoms with van der Waals surface area (Å²) in [5.74, 6) is -0.505. The molecule has 3 N–H and O–H groups in total. The maximum atomic E-state index is 11.1. The molecule has 0 saturated heterocycles. The molecule has 2 aromatic carbocycles. The molecule has 0 aromatic heterocycles. The second-order valence-corrected chi connectivity index (χ2v) is 16.7. The molecule has 0 aliphatic carbocycles. The molecule has 0 aliphatic rings. The van der Waals surface area contributed by atoms with Gasteiger partial charge in [0.05, 0.1) is 24.5 Å². The Hall–Kier alpha value is -1.02. The van der Waals surface area contributed by atoms with Crippen LogP contribution in [0, 0.1) is 5.41 Å². The van der Waals surface area contributed by atoms with Crippen molar-refractivity contribution >= 4 is 18.5 Å². The van der Waals surface area contributed by atoms with Gasteiger partial charge >= 0.3 is 0 Å². The van der Waals surface area contributed by atoms with Crippen molar-refractivity contribution in [3.63, 3.8) is 0 Å². The molecule has 4 unspecified atom stereocenters. The highest BCUT2D eigenvalue weighted by molar-refractivity contribution is 7.19. The summed E-state index contributed by atoms with van der Waals surface area (Å²) in [6.07, 6.45) is 0. The lowest BCUT2D eigenvalue weighted by atomic mass is 9.72. The van der Waals surface area contributed by atoms with Gasteiger partial charge < -0.3 is 20.1 Å². The fourth-order valence-electron chi connectivity index (χ4n) is 4.92. The maximum absolute atomic E-state index is 11.1. The number of benzene rings is 2. The standard InChI is InChI=1S/C33H54O4P2/c1-28(2,3)21-13-15-23(24(17-21)30(7,8)9)33(39,32(19-34,20-35)27(36)38)37-26-16-14-22(29(4,5)6)18-25(26)31(10,11)12/h13-18,27,34-36H,19-20,38-39H2,1-12H3. The number of hydrogen-bond acceptors (Lipinski definition) is 4. The van der Waals surface area contributed by atoms with E-state index in [2.05, 4.69) is 126 Å². The topological polar surface area (TPSA) is 69.9 Å².